The van der Waals surface area contributed by atoms with Crippen molar-refractivity contribution in [3.63, 3.8) is 0 Å². The van der Waals surface area contributed by atoms with Gasteiger partial charge in [0.2, 0.25) is 0 Å². The number of fused-ring (bicyclic) bond motifs is 30. The van der Waals surface area contributed by atoms with Crippen molar-refractivity contribution in [2.24, 2.45) is 0 Å². The summed E-state index contributed by atoms with van der Waals surface area (Å²) in [6, 6.07) is 86.2. The first kappa shape index (κ1) is 40.2. The minimum Gasteiger partial charge on any atom is -0.456 e. The maximum absolute atomic E-state index is 6.58. The van der Waals surface area contributed by atoms with Gasteiger partial charge in [0.25, 0.3) is 0 Å². The van der Waals surface area contributed by atoms with Crippen LogP contribution in [0.25, 0.3) is 120 Å². The molecule has 6 heterocycles. The maximum Gasteiger partial charge on any atom is 0.136 e. The number of nitrogens with zero attached hydrogens (tertiary/aromatic N) is 2. The SMILES string of the molecule is c1ccc2c(c1)-c1ccccc1C21c2cc(-n3c4ccccc4c4c5c(ccc43)oc3ccccc35)sc2C2(c3ccccc3-c3ccccc32)c2cc(-n3c4ccccc4c4c5c(ccc43)oc3ccccc35)sc21. The molecule has 0 amide bonds. The van der Waals surface area contributed by atoms with E-state index >= 15 is 0 Å². The van der Waals surface area contributed by atoms with Crippen LogP contribution in [0.4, 0.5) is 0 Å². The van der Waals surface area contributed by atoms with Crippen LogP contribution in [0.2, 0.25) is 0 Å². The van der Waals surface area contributed by atoms with E-state index in [1.165, 1.54) is 119 Å². The minimum absolute atomic E-state index is 0.660. The van der Waals surface area contributed by atoms with E-state index in [1.807, 2.05) is 22.7 Å². The smallest absolute Gasteiger partial charge is 0.136 e. The van der Waals surface area contributed by atoms with Gasteiger partial charge in [-0.2, -0.15) is 0 Å². The lowest BCUT2D eigenvalue weighted by Gasteiger charge is -2.45. The van der Waals surface area contributed by atoms with Crippen molar-refractivity contribution in [3.8, 4) is 32.3 Å². The highest BCUT2D eigenvalue weighted by Gasteiger charge is 2.61. The van der Waals surface area contributed by atoms with Gasteiger partial charge in [0.15, 0.2) is 0 Å². The van der Waals surface area contributed by atoms with E-state index in [1.54, 1.807) is 0 Å². The van der Waals surface area contributed by atoms with E-state index in [-0.39, 0.29) is 0 Å². The van der Waals surface area contributed by atoms with Gasteiger partial charge in [0.05, 0.1) is 32.9 Å². The summed E-state index contributed by atoms with van der Waals surface area (Å²) in [4.78, 5) is 2.72. The Hall–Kier alpha value is -9.20. The Balaban J connectivity index is 0.995. The first-order chi connectivity index (χ1) is 37.7. The Labute approximate surface area is 442 Å². The van der Waals surface area contributed by atoms with Crippen LogP contribution >= 0.6 is 22.7 Å². The second-order valence-corrected chi connectivity index (χ2v) is 23.0. The lowest BCUT2D eigenvalue weighted by molar-refractivity contribution is 0.661. The molecule has 3 aliphatic carbocycles. The van der Waals surface area contributed by atoms with Crippen LogP contribution in [0.5, 0.6) is 0 Å². The summed E-state index contributed by atoms with van der Waals surface area (Å²) in [5.41, 5.74) is 20.2. The zero-order valence-electron chi connectivity index (χ0n) is 40.5. The van der Waals surface area contributed by atoms with E-state index in [0.29, 0.717) is 0 Å². The molecule has 352 valence electrons. The Morgan fingerprint density at radius 1 is 0.276 bits per heavy atom. The highest BCUT2D eigenvalue weighted by molar-refractivity contribution is 7.16. The molecular weight excluding hydrogens is 965 g/mol. The Kier molecular flexibility index (Phi) is 7.38. The van der Waals surface area contributed by atoms with Crippen LogP contribution < -0.4 is 0 Å². The molecule has 0 N–H and O–H groups in total. The summed E-state index contributed by atoms with van der Waals surface area (Å²) in [5.74, 6) is 0. The van der Waals surface area contributed by atoms with Crippen LogP contribution in [0, 0.1) is 0 Å². The van der Waals surface area contributed by atoms with Crippen molar-refractivity contribution >= 4 is 110 Å². The van der Waals surface area contributed by atoms with E-state index < -0.39 is 10.8 Å². The molecule has 6 aromatic heterocycles. The molecule has 19 rings (SSSR count). The summed E-state index contributed by atoms with van der Waals surface area (Å²) in [5, 5.41) is 11.9. The van der Waals surface area contributed by atoms with Gasteiger partial charge >= 0.3 is 0 Å². The topological polar surface area (TPSA) is 36.1 Å². The summed E-state index contributed by atoms with van der Waals surface area (Å²) in [6.45, 7) is 0. The molecule has 6 heteroatoms. The van der Waals surface area contributed by atoms with Crippen LogP contribution in [0.15, 0.2) is 239 Å². The zero-order valence-corrected chi connectivity index (χ0v) is 42.1. The number of rotatable bonds is 2. The fraction of sp³-hybridized carbons (Fsp3) is 0.0286. The number of para-hydroxylation sites is 4. The fourth-order valence-electron chi connectivity index (χ4n) is 14.9. The van der Waals surface area contributed by atoms with Crippen molar-refractivity contribution < 1.29 is 8.83 Å². The molecule has 0 radical (unpaired) electrons. The van der Waals surface area contributed by atoms with Gasteiger partial charge in [0, 0.05) is 52.8 Å². The first-order valence-electron chi connectivity index (χ1n) is 26.1. The first-order valence-corrected chi connectivity index (χ1v) is 27.7. The molecule has 10 aromatic carbocycles. The van der Waals surface area contributed by atoms with E-state index in [0.717, 1.165) is 43.9 Å². The molecule has 0 saturated carbocycles. The van der Waals surface area contributed by atoms with E-state index in [2.05, 4.69) is 240 Å². The molecule has 2 spiro atoms. The number of hydrogen-bond acceptors (Lipinski definition) is 4. The lowest BCUT2D eigenvalue weighted by Crippen LogP contribution is -2.41. The highest BCUT2D eigenvalue weighted by Crippen LogP contribution is 2.71. The molecule has 0 bridgehead atoms. The van der Waals surface area contributed by atoms with Gasteiger partial charge in [-0.25, -0.2) is 0 Å². The number of hydrogen-bond donors (Lipinski definition) is 0. The molecule has 0 fully saturated rings. The second-order valence-electron chi connectivity index (χ2n) is 20.9. The number of thiophene rings is 2. The fourth-order valence-corrected chi connectivity index (χ4v) is 17.9. The Morgan fingerprint density at radius 2 is 0.618 bits per heavy atom. The summed E-state index contributed by atoms with van der Waals surface area (Å²) >= 11 is 3.95. The molecule has 0 saturated heterocycles. The standard InChI is InChI=1S/C70H38N2O2S2/c1-9-25-47-39(17-1)40-18-2-10-26-48(40)69(47)51-37-61(71-53-29-13-5-21-43(53)63-55(71)33-35-59-65(63)45-23-7-15-31-57(45)73-59)76-68(51)70(49-27-11-3-19-41(49)42-20-4-12-28-50(42)70)52-38-62(75-67(52)69)72-54-30-14-6-22-44(54)64-56(72)34-36-60-66(64)46-24-8-16-32-58(46)74-60/h1-38H. The molecule has 16 aromatic rings. The Bertz CT molecular complexity index is 4810. The van der Waals surface area contributed by atoms with Gasteiger partial charge in [-0.1, -0.05) is 170 Å². The monoisotopic (exact) mass is 1000 g/mol. The molecular formula is C70H38N2O2S2. The third-order valence-corrected chi connectivity index (χ3v) is 20.1. The van der Waals surface area contributed by atoms with Gasteiger partial charge < -0.3 is 18.0 Å². The van der Waals surface area contributed by atoms with Gasteiger partial charge in [-0.15, -0.1) is 22.7 Å². The van der Waals surface area contributed by atoms with Crippen LogP contribution in [0.1, 0.15) is 43.1 Å². The summed E-state index contributed by atoms with van der Waals surface area (Å²) < 4.78 is 18.3. The quantitative estimate of drug-likeness (QED) is 0.173. The largest absolute Gasteiger partial charge is 0.456 e. The van der Waals surface area contributed by atoms with Crippen LogP contribution in [0.3, 0.4) is 0 Å². The molecule has 0 aliphatic heterocycles. The number of benzene rings is 10. The normalized spacial score (nSPS) is 14.5. The zero-order chi connectivity index (χ0) is 49.2. The average Bonchev–Trinajstić information content (AvgIpc) is 4.12. The molecule has 3 aliphatic rings. The summed E-state index contributed by atoms with van der Waals surface area (Å²) in [6.07, 6.45) is 0. The highest BCUT2D eigenvalue weighted by atomic mass is 32.1. The third-order valence-electron chi connectivity index (χ3n) is 17.6. The third kappa shape index (κ3) is 4.55. The molecule has 4 nitrogen and oxygen atoms in total. The van der Waals surface area contributed by atoms with E-state index in [9.17, 15) is 0 Å². The molecule has 0 atom stereocenters. The molecule has 0 unspecified atom stereocenters. The van der Waals surface area contributed by atoms with Crippen molar-refractivity contribution in [2.45, 2.75) is 10.8 Å². The minimum atomic E-state index is -0.660. The van der Waals surface area contributed by atoms with Gasteiger partial charge in [-0.05, 0) is 116 Å². The predicted octanol–water partition coefficient (Wildman–Crippen LogP) is 18.8. The average molecular weight is 1000 g/mol. The number of aromatic nitrogens is 2. The van der Waals surface area contributed by atoms with Crippen molar-refractivity contribution in [1.82, 2.24) is 9.13 Å². The molecule has 76 heavy (non-hydrogen) atoms. The second kappa shape index (κ2) is 13.9. The van der Waals surface area contributed by atoms with Crippen molar-refractivity contribution in [2.75, 3.05) is 0 Å². The number of furan rings is 2. The van der Waals surface area contributed by atoms with Crippen LogP contribution in [-0.4, -0.2) is 9.13 Å². The maximum atomic E-state index is 6.58. The summed E-state index contributed by atoms with van der Waals surface area (Å²) in [7, 11) is 0. The van der Waals surface area contributed by atoms with Gasteiger partial charge in [-0.3, -0.25) is 0 Å². The van der Waals surface area contributed by atoms with Gasteiger partial charge in [0.1, 0.15) is 32.3 Å². The Morgan fingerprint density at radius 3 is 1.03 bits per heavy atom. The predicted molar refractivity (Wildman–Crippen MR) is 314 cm³/mol. The van der Waals surface area contributed by atoms with Crippen molar-refractivity contribution in [3.05, 3.63) is 274 Å². The van der Waals surface area contributed by atoms with E-state index in [4.69, 9.17) is 8.83 Å². The van der Waals surface area contributed by atoms with Crippen LogP contribution in [-0.2, 0) is 10.8 Å². The lowest BCUT2D eigenvalue weighted by atomic mass is 9.58. The van der Waals surface area contributed by atoms with Crippen molar-refractivity contribution in [1.29, 1.82) is 0 Å².